The van der Waals surface area contributed by atoms with Crippen molar-refractivity contribution in [2.45, 2.75) is 32.3 Å². The monoisotopic (exact) mass is 388 g/mol. The minimum atomic E-state index is -0.206. The number of nitriles is 1. The summed E-state index contributed by atoms with van der Waals surface area (Å²) >= 11 is 1.54. The molecule has 0 bridgehead atoms. The van der Waals surface area contributed by atoms with Gasteiger partial charge in [0.25, 0.3) is 5.91 Å². The van der Waals surface area contributed by atoms with Gasteiger partial charge in [-0.05, 0) is 49.4 Å². The van der Waals surface area contributed by atoms with Crippen molar-refractivity contribution in [1.29, 1.82) is 5.26 Å². The fourth-order valence-electron chi connectivity index (χ4n) is 3.49. The smallest absolute Gasteiger partial charge is 0.256 e. The van der Waals surface area contributed by atoms with Crippen LogP contribution in [0, 0.1) is 11.3 Å². The molecule has 1 aromatic heterocycles. The molecule has 0 saturated heterocycles. The predicted octanol–water partition coefficient (Wildman–Crippen LogP) is 5.33. The van der Waals surface area contributed by atoms with Gasteiger partial charge >= 0.3 is 0 Å². The molecule has 0 atom stereocenters. The molecule has 0 unspecified atom stereocenters. The van der Waals surface area contributed by atoms with Gasteiger partial charge in [0.2, 0.25) is 0 Å². The van der Waals surface area contributed by atoms with E-state index in [0.717, 1.165) is 42.6 Å². The number of nitrogens with zero attached hydrogens (tertiary/aromatic N) is 1. The van der Waals surface area contributed by atoms with E-state index in [-0.39, 0.29) is 5.91 Å². The number of fused-ring (bicyclic) bond motifs is 1. The molecule has 4 nitrogen and oxygen atoms in total. The van der Waals surface area contributed by atoms with Crippen molar-refractivity contribution in [2.75, 3.05) is 5.32 Å². The minimum Gasteiger partial charge on any atom is -0.489 e. The number of hydrogen-bond acceptors (Lipinski definition) is 4. The lowest BCUT2D eigenvalue weighted by Crippen LogP contribution is -2.15. The van der Waals surface area contributed by atoms with Gasteiger partial charge in [-0.15, -0.1) is 11.3 Å². The van der Waals surface area contributed by atoms with Crippen molar-refractivity contribution in [3.63, 3.8) is 0 Å². The minimum absolute atomic E-state index is 0.206. The number of para-hydroxylation sites is 1. The van der Waals surface area contributed by atoms with E-state index in [1.165, 1.54) is 16.2 Å². The van der Waals surface area contributed by atoms with E-state index in [1.54, 1.807) is 6.07 Å². The molecule has 0 saturated carbocycles. The first kappa shape index (κ1) is 18.3. The second-order valence-corrected chi connectivity index (χ2v) is 7.84. The summed E-state index contributed by atoms with van der Waals surface area (Å²) in [5.74, 6) is 0.553. The van der Waals surface area contributed by atoms with E-state index in [4.69, 9.17) is 4.74 Å². The fourth-order valence-corrected chi connectivity index (χ4v) is 4.72. The summed E-state index contributed by atoms with van der Waals surface area (Å²) in [6.45, 7) is 0.305. The number of ether oxygens (including phenoxy) is 1. The van der Waals surface area contributed by atoms with Gasteiger partial charge in [-0.3, -0.25) is 4.79 Å². The van der Waals surface area contributed by atoms with Crippen LogP contribution in [-0.4, -0.2) is 5.91 Å². The Morgan fingerprint density at radius 3 is 2.64 bits per heavy atom. The standard InChI is InChI=1S/C23H20N2O2S/c24-14-20-19-12-6-7-13-21(19)28-23(20)25-22(26)18-11-5-4-8-16(18)15-27-17-9-2-1-3-10-17/h1-5,8-11H,6-7,12-13,15H2,(H,25,26). The Hall–Kier alpha value is -3.10. The van der Waals surface area contributed by atoms with E-state index in [2.05, 4.69) is 11.4 Å². The van der Waals surface area contributed by atoms with Crippen molar-refractivity contribution < 1.29 is 9.53 Å². The Kier molecular flexibility index (Phi) is 5.41. The number of carbonyl (C=O) groups excluding carboxylic acids is 1. The van der Waals surface area contributed by atoms with Gasteiger partial charge in [-0.25, -0.2) is 0 Å². The molecule has 140 valence electrons. The highest BCUT2D eigenvalue weighted by molar-refractivity contribution is 7.16. The zero-order chi connectivity index (χ0) is 19.3. The van der Waals surface area contributed by atoms with Crippen LogP contribution < -0.4 is 10.1 Å². The number of hydrogen-bond donors (Lipinski definition) is 1. The SMILES string of the molecule is N#Cc1c(NC(=O)c2ccccc2COc2ccccc2)sc2c1CCCC2. The largest absolute Gasteiger partial charge is 0.489 e. The third-order valence-corrected chi connectivity index (χ3v) is 6.12. The van der Waals surface area contributed by atoms with E-state index < -0.39 is 0 Å². The summed E-state index contributed by atoms with van der Waals surface area (Å²) in [5, 5.41) is 13.2. The van der Waals surface area contributed by atoms with E-state index >= 15 is 0 Å². The maximum absolute atomic E-state index is 13.0. The van der Waals surface area contributed by atoms with E-state index in [9.17, 15) is 10.1 Å². The van der Waals surface area contributed by atoms with Gasteiger partial charge in [0.15, 0.2) is 0 Å². The molecule has 0 spiro atoms. The van der Waals surface area contributed by atoms with Crippen LogP contribution in [0.2, 0.25) is 0 Å². The van der Waals surface area contributed by atoms with Crippen molar-refractivity contribution in [1.82, 2.24) is 0 Å². The fraction of sp³-hybridized carbons (Fsp3) is 0.217. The Morgan fingerprint density at radius 1 is 1.07 bits per heavy atom. The molecule has 0 fully saturated rings. The van der Waals surface area contributed by atoms with Gasteiger partial charge < -0.3 is 10.1 Å². The second kappa shape index (κ2) is 8.28. The lowest BCUT2D eigenvalue weighted by Gasteiger charge is -2.11. The molecule has 0 radical (unpaired) electrons. The number of carbonyl (C=O) groups is 1. The Balaban J connectivity index is 1.55. The highest BCUT2D eigenvalue weighted by Gasteiger charge is 2.22. The molecule has 3 aromatic rings. The predicted molar refractivity (Wildman–Crippen MR) is 111 cm³/mol. The second-order valence-electron chi connectivity index (χ2n) is 6.74. The summed E-state index contributed by atoms with van der Waals surface area (Å²) < 4.78 is 5.81. The lowest BCUT2D eigenvalue weighted by molar-refractivity contribution is 0.102. The molecular formula is C23H20N2O2S. The number of thiophene rings is 1. The number of amides is 1. The van der Waals surface area contributed by atoms with Crippen LogP contribution in [0.4, 0.5) is 5.00 Å². The first-order chi connectivity index (χ1) is 13.8. The van der Waals surface area contributed by atoms with Gasteiger partial charge in [-0.1, -0.05) is 36.4 Å². The Bertz CT molecular complexity index is 1030. The van der Waals surface area contributed by atoms with Crippen LogP contribution in [0.15, 0.2) is 54.6 Å². The molecule has 2 aromatic carbocycles. The van der Waals surface area contributed by atoms with Crippen LogP contribution in [0.3, 0.4) is 0 Å². The van der Waals surface area contributed by atoms with Crippen molar-refractivity contribution in [2.24, 2.45) is 0 Å². The number of nitrogens with one attached hydrogen (secondary N) is 1. The molecule has 0 aliphatic heterocycles. The molecule has 1 heterocycles. The van der Waals surface area contributed by atoms with Crippen molar-refractivity contribution in [3.05, 3.63) is 81.7 Å². The number of rotatable bonds is 5. The third kappa shape index (κ3) is 3.78. The van der Waals surface area contributed by atoms with Gasteiger partial charge in [-0.2, -0.15) is 5.26 Å². The maximum atomic E-state index is 13.0. The molecule has 1 amide bonds. The molecule has 28 heavy (non-hydrogen) atoms. The third-order valence-electron chi connectivity index (χ3n) is 4.91. The zero-order valence-electron chi connectivity index (χ0n) is 15.4. The average Bonchev–Trinajstić information content (AvgIpc) is 3.10. The van der Waals surface area contributed by atoms with E-state index in [1.807, 2.05) is 48.5 Å². The highest BCUT2D eigenvalue weighted by atomic mass is 32.1. The van der Waals surface area contributed by atoms with Gasteiger partial charge in [0.1, 0.15) is 23.4 Å². The van der Waals surface area contributed by atoms with Crippen LogP contribution in [0.1, 0.15) is 44.8 Å². The van der Waals surface area contributed by atoms with Crippen LogP contribution in [-0.2, 0) is 19.4 Å². The lowest BCUT2D eigenvalue weighted by atomic mass is 9.96. The summed E-state index contributed by atoms with van der Waals surface area (Å²) in [4.78, 5) is 14.2. The van der Waals surface area contributed by atoms with E-state index in [0.29, 0.717) is 22.7 Å². The average molecular weight is 388 g/mol. The topological polar surface area (TPSA) is 62.1 Å². The zero-order valence-corrected chi connectivity index (χ0v) is 16.2. The number of anilines is 1. The quantitative estimate of drug-likeness (QED) is 0.642. The number of benzene rings is 2. The Morgan fingerprint density at radius 2 is 1.82 bits per heavy atom. The first-order valence-corrected chi connectivity index (χ1v) is 10.2. The summed E-state index contributed by atoms with van der Waals surface area (Å²) in [6.07, 6.45) is 4.16. The van der Waals surface area contributed by atoms with Gasteiger partial charge in [0.05, 0.1) is 5.56 Å². The van der Waals surface area contributed by atoms with Crippen LogP contribution in [0.25, 0.3) is 0 Å². The van der Waals surface area contributed by atoms with Crippen molar-refractivity contribution in [3.8, 4) is 11.8 Å². The summed E-state index contributed by atoms with van der Waals surface area (Å²) in [7, 11) is 0. The first-order valence-electron chi connectivity index (χ1n) is 9.38. The molecule has 4 rings (SSSR count). The van der Waals surface area contributed by atoms with Crippen molar-refractivity contribution >= 4 is 22.2 Å². The van der Waals surface area contributed by atoms with Gasteiger partial charge in [0, 0.05) is 16.0 Å². The molecule has 1 aliphatic rings. The molecule has 1 aliphatic carbocycles. The highest BCUT2D eigenvalue weighted by Crippen LogP contribution is 2.37. The number of aryl methyl sites for hydroxylation is 1. The molecule has 5 heteroatoms. The molecular weight excluding hydrogens is 368 g/mol. The van der Waals surface area contributed by atoms with Crippen LogP contribution in [0.5, 0.6) is 5.75 Å². The maximum Gasteiger partial charge on any atom is 0.256 e. The summed E-state index contributed by atoms with van der Waals surface area (Å²) in [6, 6.07) is 19.2. The molecule has 1 N–H and O–H groups in total. The normalized spacial score (nSPS) is 12.7. The van der Waals surface area contributed by atoms with Crippen LogP contribution >= 0.6 is 11.3 Å². The summed E-state index contributed by atoms with van der Waals surface area (Å²) in [5.41, 5.74) is 3.12. The Labute approximate surface area is 168 Å².